The Labute approximate surface area is 184 Å². The van der Waals surface area contributed by atoms with Gasteiger partial charge in [-0.25, -0.2) is 0 Å². The Kier molecular flexibility index (Phi) is 9.08. The van der Waals surface area contributed by atoms with Crippen LogP contribution in [0.3, 0.4) is 0 Å². The molecule has 0 saturated heterocycles. The molecular formula is C21H24BrN3O3S. The molecule has 6 nitrogen and oxygen atoms in total. The van der Waals surface area contributed by atoms with Gasteiger partial charge in [0, 0.05) is 23.4 Å². The third-order valence-electron chi connectivity index (χ3n) is 3.92. The molecule has 8 heteroatoms. The largest absolute Gasteiger partial charge is 0.492 e. The zero-order chi connectivity index (χ0) is 21.2. The third-order valence-corrected chi connectivity index (χ3v) is 4.74. The fraction of sp³-hybridized carbons (Fsp3) is 0.286. The van der Waals surface area contributed by atoms with E-state index in [-0.39, 0.29) is 16.9 Å². The molecule has 0 spiro atoms. The summed E-state index contributed by atoms with van der Waals surface area (Å²) in [5, 5.41) is 8.48. The minimum atomic E-state index is -0.331. The van der Waals surface area contributed by atoms with E-state index in [0.717, 1.165) is 12.8 Å². The monoisotopic (exact) mass is 477 g/mol. The lowest BCUT2D eigenvalue weighted by molar-refractivity contribution is 0.0953. The number of hydrogen-bond acceptors (Lipinski definition) is 4. The SMILES string of the molecule is CCCCOc1ccc(C(=O)NC(=S)Nc2ccc(C(=O)NCC)cc2)cc1Br. The van der Waals surface area contributed by atoms with E-state index < -0.39 is 0 Å². The Hall–Kier alpha value is -2.45. The molecule has 0 atom stereocenters. The van der Waals surface area contributed by atoms with E-state index in [4.69, 9.17) is 17.0 Å². The average Bonchev–Trinajstić information content (AvgIpc) is 2.70. The van der Waals surface area contributed by atoms with Crippen molar-refractivity contribution in [3.8, 4) is 5.75 Å². The van der Waals surface area contributed by atoms with Crippen molar-refractivity contribution in [1.82, 2.24) is 10.6 Å². The smallest absolute Gasteiger partial charge is 0.257 e. The van der Waals surface area contributed by atoms with Gasteiger partial charge in [-0.1, -0.05) is 13.3 Å². The normalized spacial score (nSPS) is 10.2. The number of unbranched alkanes of at least 4 members (excludes halogenated alkanes) is 1. The summed E-state index contributed by atoms with van der Waals surface area (Å²) in [6.07, 6.45) is 2.02. The summed E-state index contributed by atoms with van der Waals surface area (Å²) in [6.45, 7) is 5.16. The second kappa shape index (κ2) is 11.5. The first-order valence-electron chi connectivity index (χ1n) is 9.37. The van der Waals surface area contributed by atoms with Gasteiger partial charge in [0.2, 0.25) is 0 Å². The summed E-state index contributed by atoms with van der Waals surface area (Å²) < 4.78 is 6.38. The molecule has 3 N–H and O–H groups in total. The molecule has 2 aromatic rings. The van der Waals surface area contributed by atoms with Crippen LogP contribution in [-0.4, -0.2) is 30.1 Å². The zero-order valence-corrected chi connectivity index (χ0v) is 18.8. The van der Waals surface area contributed by atoms with Crippen molar-refractivity contribution in [1.29, 1.82) is 0 Å². The van der Waals surface area contributed by atoms with Crippen LogP contribution in [-0.2, 0) is 0 Å². The average molecular weight is 478 g/mol. The third kappa shape index (κ3) is 7.14. The van der Waals surface area contributed by atoms with Gasteiger partial charge in [-0.3, -0.25) is 14.9 Å². The number of rotatable bonds is 8. The van der Waals surface area contributed by atoms with E-state index in [1.165, 1.54) is 0 Å². The summed E-state index contributed by atoms with van der Waals surface area (Å²) in [4.78, 5) is 24.2. The molecule has 2 rings (SSSR count). The number of benzene rings is 2. The maximum atomic E-state index is 12.4. The van der Waals surface area contributed by atoms with Crippen LogP contribution in [0.5, 0.6) is 5.75 Å². The Bertz CT molecular complexity index is 872. The number of halogens is 1. The second-order valence-corrected chi connectivity index (χ2v) is 7.45. The predicted molar refractivity (Wildman–Crippen MR) is 123 cm³/mol. The zero-order valence-electron chi connectivity index (χ0n) is 16.4. The first-order valence-corrected chi connectivity index (χ1v) is 10.6. The van der Waals surface area contributed by atoms with E-state index >= 15 is 0 Å². The first kappa shape index (κ1) is 22.8. The van der Waals surface area contributed by atoms with Crippen LogP contribution in [0.25, 0.3) is 0 Å². The molecule has 29 heavy (non-hydrogen) atoms. The molecule has 0 aliphatic heterocycles. The standard InChI is InChI=1S/C21H24BrN3O3S/c1-3-5-12-28-18-11-8-15(13-17(18)22)20(27)25-21(29)24-16-9-6-14(7-10-16)19(26)23-4-2/h6-11,13H,3-5,12H2,1-2H3,(H,23,26)(H2,24,25,27,29). The molecule has 0 aliphatic carbocycles. The first-order chi connectivity index (χ1) is 13.9. The predicted octanol–water partition coefficient (Wildman–Crippen LogP) is 4.50. The molecule has 0 aromatic heterocycles. The Morgan fingerprint density at radius 3 is 2.34 bits per heavy atom. The summed E-state index contributed by atoms with van der Waals surface area (Å²) in [5.41, 5.74) is 1.68. The van der Waals surface area contributed by atoms with Crippen molar-refractivity contribution in [2.45, 2.75) is 26.7 Å². The lowest BCUT2D eigenvalue weighted by atomic mass is 10.2. The molecule has 154 valence electrons. The van der Waals surface area contributed by atoms with Gasteiger partial charge in [-0.2, -0.15) is 0 Å². The molecule has 0 bridgehead atoms. The van der Waals surface area contributed by atoms with Gasteiger partial charge in [0.05, 0.1) is 11.1 Å². The van der Waals surface area contributed by atoms with Crippen molar-refractivity contribution in [3.63, 3.8) is 0 Å². The number of amides is 2. The van der Waals surface area contributed by atoms with Crippen LogP contribution < -0.4 is 20.7 Å². The van der Waals surface area contributed by atoms with Gasteiger partial charge in [0.25, 0.3) is 11.8 Å². The molecule has 0 aliphatic rings. The van der Waals surface area contributed by atoms with E-state index in [2.05, 4.69) is 38.8 Å². The van der Waals surface area contributed by atoms with E-state index in [1.807, 2.05) is 6.92 Å². The van der Waals surface area contributed by atoms with Crippen molar-refractivity contribution in [2.24, 2.45) is 0 Å². The Balaban J connectivity index is 1.92. The van der Waals surface area contributed by atoms with Crippen molar-refractivity contribution in [3.05, 3.63) is 58.1 Å². The Morgan fingerprint density at radius 2 is 1.72 bits per heavy atom. The second-order valence-electron chi connectivity index (χ2n) is 6.19. The summed E-state index contributed by atoms with van der Waals surface area (Å²) >= 11 is 8.64. The Morgan fingerprint density at radius 1 is 1.03 bits per heavy atom. The number of carbonyl (C=O) groups is 2. The van der Waals surface area contributed by atoms with Crippen LogP contribution >= 0.6 is 28.1 Å². The van der Waals surface area contributed by atoms with Crippen molar-refractivity contribution >= 4 is 50.8 Å². The maximum absolute atomic E-state index is 12.4. The van der Waals surface area contributed by atoms with E-state index in [1.54, 1.807) is 42.5 Å². The number of anilines is 1. The number of thiocarbonyl (C=S) groups is 1. The minimum Gasteiger partial charge on any atom is -0.492 e. The highest BCUT2D eigenvalue weighted by molar-refractivity contribution is 9.10. The molecule has 2 amide bonds. The lowest BCUT2D eigenvalue weighted by Crippen LogP contribution is -2.34. The molecule has 0 saturated carbocycles. The van der Waals surface area contributed by atoms with Gasteiger partial charge in [0.15, 0.2) is 5.11 Å². The number of ether oxygens (including phenoxy) is 1. The van der Waals surface area contributed by atoms with Crippen LogP contribution in [0, 0.1) is 0 Å². The van der Waals surface area contributed by atoms with Crippen LogP contribution in [0.2, 0.25) is 0 Å². The van der Waals surface area contributed by atoms with E-state index in [0.29, 0.717) is 40.2 Å². The van der Waals surface area contributed by atoms with Crippen molar-refractivity contribution in [2.75, 3.05) is 18.5 Å². The fourth-order valence-electron chi connectivity index (χ4n) is 2.39. The quantitative estimate of drug-likeness (QED) is 0.385. The van der Waals surface area contributed by atoms with Gasteiger partial charge < -0.3 is 15.4 Å². The fourth-order valence-corrected chi connectivity index (χ4v) is 3.09. The van der Waals surface area contributed by atoms with Crippen LogP contribution in [0.15, 0.2) is 46.9 Å². The molecule has 2 aromatic carbocycles. The maximum Gasteiger partial charge on any atom is 0.257 e. The summed E-state index contributed by atoms with van der Waals surface area (Å²) in [7, 11) is 0. The summed E-state index contributed by atoms with van der Waals surface area (Å²) in [6, 6.07) is 12.0. The van der Waals surface area contributed by atoms with Crippen LogP contribution in [0.1, 0.15) is 47.4 Å². The van der Waals surface area contributed by atoms with Crippen LogP contribution in [0.4, 0.5) is 5.69 Å². The van der Waals surface area contributed by atoms with Gasteiger partial charge >= 0.3 is 0 Å². The molecule has 0 radical (unpaired) electrons. The van der Waals surface area contributed by atoms with E-state index in [9.17, 15) is 9.59 Å². The summed E-state index contributed by atoms with van der Waals surface area (Å²) in [5.74, 6) is 0.229. The van der Waals surface area contributed by atoms with Gasteiger partial charge in [-0.15, -0.1) is 0 Å². The molecule has 0 fully saturated rings. The number of hydrogen-bond donors (Lipinski definition) is 3. The van der Waals surface area contributed by atoms with Gasteiger partial charge in [0.1, 0.15) is 5.75 Å². The topological polar surface area (TPSA) is 79.5 Å². The highest BCUT2D eigenvalue weighted by atomic mass is 79.9. The number of carbonyl (C=O) groups excluding carboxylic acids is 2. The minimum absolute atomic E-state index is 0.136. The molecular weight excluding hydrogens is 454 g/mol. The van der Waals surface area contributed by atoms with Gasteiger partial charge in [-0.05, 0) is 84.0 Å². The highest BCUT2D eigenvalue weighted by Gasteiger charge is 2.11. The molecule has 0 heterocycles. The molecule has 0 unspecified atom stereocenters. The number of nitrogens with one attached hydrogen (secondary N) is 3. The van der Waals surface area contributed by atoms with Crippen molar-refractivity contribution < 1.29 is 14.3 Å². The lowest BCUT2D eigenvalue weighted by Gasteiger charge is -2.12. The highest BCUT2D eigenvalue weighted by Crippen LogP contribution is 2.26.